The quantitative estimate of drug-likeness (QED) is 0.866. The van der Waals surface area contributed by atoms with Gasteiger partial charge in [0.25, 0.3) is 5.91 Å². The van der Waals surface area contributed by atoms with Gasteiger partial charge in [0, 0.05) is 31.5 Å². The smallest absolute Gasteiger partial charge is 0.271 e. The molecule has 2 heterocycles. The first-order chi connectivity index (χ1) is 12.4. The molecule has 2 N–H and O–H groups in total. The largest absolute Gasteiger partial charge is 0.489 e. The third kappa shape index (κ3) is 4.11. The molecule has 2 amide bonds. The number of likely N-dealkylation sites (tertiary alicyclic amines) is 1. The van der Waals surface area contributed by atoms with Gasteiger partial charge in [0.15, 0.2) is 11.4 Å². The predicted molar refractivity (Wildman–Crippen MR) is 89.9 cm³/mol. The van der Waals surface area contributed by atoms with E-state index in [0.717, 1.165) is 12.8 Å². The lowest BCUT2D eigenvalue weighted by molar-refractivity contribution is -0.141. The van der Waals surface area contributed by atoms with Crippen LogP contribution in [0.5, 0.6) is 5.75 Å². The molecule has 8 heteroatoms. The van der Waals surface area contributed by atoms with E-state index in [0.29, 0.717) is 6.54 Å². The standard InChI is InChI=1S/C18H23F2N3O3/c19-18(20)7-5-12(6-8-18)17(25)23-10-2-3-13(23)11-26-14-4-1-9-22-15(14)16(21)24/h1,4,9,12-13H,2-3,5-8,10-11H2,(H2,21,24)/t13-/m1/s1. The van der Waals surface area contributed by atoms with Crippen molar-refractivity contribution in [2.45, 2.75) is 50.5 Å². The number of hydrogen-bond donors (Lipinski definition) is 1. The van der Waals surface area contributed by atoms with Crippen LogP contribution >= 0.6 is 0 Å². The van der Waals surface area contributed by atoms with Gasteiger partial charge in [0.1, 0.15) is 6.61 Å². The van der Waals surface area contributed by atoms with E-state index >= 15 is 0 Å². The first-order valence-corrected chi connectivity index (χ1v) is 8.93. The maximum atomic E-state index is 13.3. The highest BCUT2D eigenvalue weighted by atomic mass is 19.3. The normalized spacial score (nSPS) is 23.0. The first-order valence-electron chi connectivity index (χ1n) is 8.93. The van der Waals surface area contributed by atoms with E-state index in [9.17, 15) is 18.4 Å². The van der Waals surface area contributed by atoms with Crippen molar-refractivity contribution in [1.29, 1.82) is 0 Å². The van der Waals surface area contributed by atoms with Gasteiger partial charge in [0.05, 0.1) is 6.04 Å². The van der Waals surface area contributed by atoms with Gasteiger partial charge in [-0.2, -0.15) is 0 Å². The first kappa shape index (κ1) is 18.5. The summed E-state index contributed by atoms with van der Waals surface area (Å²) in [6.07, 6.45) is 3.08. The number of halogens is 2. The van der Waals surface area contributed by atoms with Crippen molar-refractivity contribution in [2.75, 3.05) is 13.2 Å². The van der Waals surface area contributed by atoms with Gasteiger partial charge < -0.3 is 15.4 Å². The van der Waals surface area contributed by atoms with Gasteiger partial charge in [0.2, 0.25) is 11.8 Å². The molecule has 3 rings (SSSR count). The van der Waals surface area contributed by atoms with Crippen molar-refractivity contribution in [3.05, 3.63) is 24.0 Å². The molecule has 0 spiro atoms. The number of aromatic nitrogens is 1. The molecule has 1 aliphatic heterocycles. The summed E-state index contributed by atoms with van der Waals surface area (Å²) in [5, 5.41) is 0. The van der Waals surface area contributed by atoms with Crippen LogP contribution in [0.4, 0.5) is 8.78 Å². The molecular weight excluding hydrogens is 344 g/mol. The summed E-state index contributed by atoms with van der Waals surface area (Å²) in [6, 6.07) is 3.12. The van der Waals surface area contributed by atoms with Crippen LogP contribution in [-0.2, 0) is 4.79 Å². The van der Waals surface area contributed by atoms with Crippen LogP contribution in [-0.4, -0.2) is 46.8 Å². The molecule has 0 aromatic carbocycles. The van der Waals surface area contributed by atoms with Crippen molar-refractivity contribution >= 4 is 11.8 Å². The summed E-state index contributed by atoms with van der Waals surface area (Å²) in [6.45, 7) is 0.829. The Labute approximate surface area is 150 Å². The fourth-order valence-electron chi connectivity index (χ4n) is 3.70. The number of carbonyl (C=O) groups excluding carboxylic acids is 2. The van der Waals surface area contributed by atoms with Gasteiger partial charge in [-0.3, -0.25) is 9.59 Å². The lowest BCUT2D eigenvalue weighted by atomic mass is 9.86. The molecule has 26 heavy (non-hydrogen) atoms. The SMILES string of the molecule is NC(=O)c1ncccc1OC[C@H]1CCCN1C(=O)C1CCC(F)(F)CC1. The summed E-state index contributed by atoms with van der Waals surface area (Å²) >= 11 is 0. The Morgan fingerprint density at radius 3 is 2.73 bits per heavy atom. The molecule has 6 nitrogen and oxygen atoms in total. The molecule has 1 saturated heterocycles. The van der Waals surface area contributed by atoms with Crippen LogP contribution in [0.1, 0.15) is 49.0 Å². The third-order valence-corrected chi connectivity index (χ3v) is 5.16. The molecular formula is C18H23F2N3O3. The second-order valence-corrected chi connectivity index (χ2v) is 6.98. The minimum atomic E-state index is -2.64. The monoisotopic (exact) mass is 367 g/mol. The molecule has 1 aliphatic carbocycles. The Hall–Kier alpha value is -2.25. The van der Waals surface area contributed by atoms with E-state index in [4.69, 9.17) is 10.5 Å². The maximum absolute atomic E-state index is 13.3. The molecule has 0 bridgehead atoms. The fraction of sp³-hybridized carbons (Fsp3) is 0.611. The molecule has 1 saturated carbocycles. The number of nitrogens with two attached hydrogens (primary N) is 1. The lowest BCUT2D eigenvalue weighted by Gasteiger charge is -2.33. The molecule has 1 atom stereocenters. The van der Waals surface area contributed by atoms with Crippen molar-refractivity contribution in [3.63, 3.8) is 0 Å². The van der Waals surface area contributed by atoms with E-state index in [1.54, 1.807) is 17.0 Å². The molecule has 2 aliphatic rings. The number of pyridine rings is 1. The zero-order valence-electron chi connectivity index (χ0n) is 14.5. The molecule has 2 fully saturated rings. The van der Waals surface area contributed by atoms with Crippen molar-refractivity contribution < 1.29 is 23.1 Å². The van der Waals surface area contributed by atoms with E-state index in [-0.39, 0.29) is 61.6 Å². The topological polar surface area (TPSA) is 85.5 Å². The Morgan fingerprint density at radius 2 is 2.04 bits per heavy atom. The molecule has 1 aromatic heterocycles. The van der Waals surface area contributed by atoms with Gasteiger partial charge >= 0.3 is 0 Å². The van der Waals surface area contributed by atoms with Crippen LogP contribution in [0.15, 0.2) is 18.3 Å². The highest BCUT2D eigenvalue weighted by molar-refractivity contribution is 5.93. The predicted octanol–water partition coefficient (Wildman–Crippen LogP) is 2.38. The van der Waals surface area contributed by atoms with Crippen LogP contribution < -0.4 is 10.5 Å². The number of rotatable bonds is 5. The number of ether oxygens (including phenoxy) is 1. The van der Waals surface area contributed by atoms with Gasteiger partial charge in [-0.1, -0.05) is 0 Å². The average molecular weight is 367 g/mol. The van der Waals surface area contributed by atoms with Crippen molar-refractivity contribution in [3.8, 4) is 5.75 Å². The summed E-state index contributed by atoms with van der Waals surface area (Å²) in [4.78, 5) is 29.8. The van der Waals surface area contributed by atoms with Crippen LogP contribution in [0.2, 0.25) is 0 Å². The van der Waals surface area contributed by atoms with Gasteiger partial charge in [-0.25, -0.2) is 13.8 Å². The second-order valence-electron chi connectivity index (χ2n) is 6.98. The number of alkyl halides is 2. The van der Waals surface area contributed by atoms with Gasteiger partial charge in [-0.15, -0.1) is 0 Å². The Bertz CT molecular complexity index is 673. The molecule has 142 valence electrons. The van der Waals surface area contributed by atoms with Crippen molar-refractivity contribution in [2.24, 2.45) is 11.7 Å². The zero-order valence-corrected chi connectivity index (χ0v) is 14.5. The Morgan fingerprint density at radius 1 is 1.31 bits per heavy atom. The fourth-order valence-corrected chi connectivity index (χ4v) is 3.70. The number of amides is 2. The van der Waals surface area contributed by atoms with Crippen LogP contribution in [0.25, 0.3) is 0 Å². The van der Waals surface area contributed by atoms with Gasteiger partial charge in [-0.05, 0) is 37.8 Å². The Kier molecular flexibility index (Phi) is 5.38. The van der Waals surface area contributed by atoms with Crippen molar-refractivity contribution in [1.82, 2.24) is 9.88 Å². The Balaban J connectivity index is 1.60. The summed E-state index contributed by atoms with van der Waals surface area (Å²) in [5.41, 5.74) is 5.34. The highest BCUT2D eigenvalue weighted by Crippen LogP contribution is 2.37. The lowest BCUT2D eigenvalue weighted by Crippen LogP contribution is -2.44. The number of carbonyl (C=O) groups is 2. The number of hydrogen-bond acceptors (Lipinski definition) is 4. The van der Waals surface area contributed by atoms with E-state index in [2.05, 4.69) is 4.98 Å². The summed E-state index contributed by atoms with van der Waals surface area (Å²) in [7, 11) is 0. The second kappa shape index (κ2) is 7.55. The number of primary amides is 1. The highest BCUT2D eigenvalue weighted by Gasteiger charge is 2.40. The minimum Gasteiger partial charge on any atom is -0.489 e. The molecule has 0 radical (unpaired) electrons. The maximum Gasteiger partial charge on any atom is 0.271 e. The average Bonchev–Trinajstić information content (AvgIpc) is 3.08. The van der Waals surface area contributed by atoms with E-state index in [1.165, 1.54) is 6.20 Å². The zero-order chi connectivity index (χ0) is 18.7. The summed E-state index contributed by atoms with van der Waals surface area (Å²) < 4.78 is 32.3. The number of nitrogens with zero attached hydrogens (tertiary/aromatic N) is 2. The molecule has 0 unspecified atom stereocenters. The molecule has 1 aromatic rings. The van der Waals surface area contributed by atoms with E-state index in [1.807, 2.05) is 0 Å². The summed E-state index contributed by atoms with van der Waals surface area (Å²) in [5.74, 6) is -3.43. The third-order valence-electron chi connectivity index (χ3n) is 5.16. The van der Waals surface area contributed by atoms with E-state index < -0.39 is 11.8 Å². The van der Waals surface area contributed by atoms with Crippen LogP contribution in [0.3, 0.4) is 0 Å². The minimum absolute atomic E-state index is 0.0536. The van der Waals surface area contributed by atoms with Crippen LogP contribution in [0, 0.1) is 5.92 Å².